The van der Waals surface area contributed by atoms with E-state index in [-0.39, 0.29) is 27.9 Å². The summed E-state index contributed by atoms with van der Waals surface area (Å²) in [6, 6.07) is 8.65. The average Bonchev–Trinajstić information content (AvgIpc) is 3.24. The molecule has 1 N–H and O–H groups in total. The molecular weight excluding hydrogens is 408 g/mol. The van der Waals surface area contributed by atoms with Crippen LogP contribution in [0.1, 0.15) is 50.8 Å². The first-order valence-corrected chi connectivity index (χ1v) is 10.1. The fourth-order valence-corrected chi connectivity index (χ4v) is 4.09. The van der Waals surface area contributed by atoms with Crippen LogP contribution in [0.5, 0.6) is 0 Å². The van der Waals surface area contributed by atoms with Crippen molar-refractivity contribution < 1.29 is 19.3 Å². The van der Waals surface area contributed by atoms with Gasteiger partial charge in [0.05, 0.1) is 26.3 Å². The molecule has 10 heteroatoms. The summed E-state index contributed by atoms with van der Waals surface area (Å²) in [5.41, 5.74) is 1.20. The SMILES string of the molecule is CCCCN1C(=O)c2ccc(C(=O)Nc3nc4ccc([N+](=O)[O-])cc4s3)cc2C1=O. The molecule has 1 aliphatic rings. The Labute approximate surface area is 174 Å². The van der Waals surface area contributed by atoms with E-state index in [0.717, 1.165) is 17.8 Å². The van der Waals surface area contributed by atoms with Crippen molar-refractivity contribution in [2.45, 2.75) is 19.8 Å². The number of carbonyl (C=O) groups is 3. The Balaban J connectivity index is 1.56. The Bertz CT molecular complexity index is 1220. The minimum Gasteiger partial charge on any atom is -0.298 e. The lowest BCUT2D eigenvalue weighted by molar-refractivity contribution is -0.384. The first-order chi connectivity index (χ1) is 14.4. The van der Waals surface area contributed by atoms with E-state index < -0.39 is 16.7 Å². The number of non-ortho nitro benzene ring substituents is 1. The monoisotopic (exact) mass is 424 g/mol. The Morgan fingerprint density at radius 2 is 1.93 bits per heavy atom. The zero-order valence-corrected chi connectivity index (χ0v) is 16.7. The number of carbonyl (C=O) groups excluding carboxylic acids is 3. The van der Waals surface area contributed by atoms with Gasteiger partial charge in [0.1, 0.15) is 0 Å². The minimum absolute atomic E-state index is 0.0570. The maximum atomic E-state index is 12.6. The predicted octanol–water partition coefficient (Wildman–Crippen LogP) is 3.85. The third kappa shape index (κ3) is 3.41. The van der Waals surface area contributed by atoms with E-state index in [2.05, 4.69) is 10.3 Å². The number of rotatable bonds is 6. The van der Waals surface area contributed by atoms with Crippen LogP contribution in [-0.2, 0) is 0 Å². The van der Waals surface area contributed by atoms with E-state index in [4.69, 9.17) is 0 Å². The van der Waals surface area contributed by atoms with Crippen molar-refractivity contribution >= 4 is 50.1 Å². The van der Waals surface area contributed by atoms with Crippen molar-refractivity contribution in [2.75, 3.05) is 11.9 Å². The number of imide groups is 1. The number of anilines is 1. The van der Waals surface area contributed by atoms with Gasteiger partial charge < -0.3 is 0 Å². The summed E-state index contributed by atoms with van der Waals surface area (Å²) in [5, 5.41) is 13.8. The highest BCUT2D eigenvalue weighted by Gasteiger charge is 2.35. The maximum absolute atomic E-state index is 12.6. The summed E-state index contributed by atoms with van der Waals surface area (Å²) in [7, 11) is 0. The zero-order chi connectivity index (χ0) is 21.4. The van der Waals surface area contributed by atoms with Crippen LogP contribution in [0.25, 0.3) is 10.2 Å². The lowest BCUT2D eigenvalue weighted by Crippen LogP contribution is -2.30. The number of amides is 3. The molecular formula is C20H16N4O5S. The molecule has 9 nitrogen and oxygen atoms in total. The van der Waals surface area contributed by atoms with Crippen LogP contribution < -0.4 is 5.32 Å². The molecule has 3 amide bonds. The highest BCUT2D eigenvalue weighted by Crippen LogP contribution is 2.30. The second kappa shape index (κ2) is 7.64. The summed E-state index contributed by atoms with van der Waals surface area (Å²) >= 11 is 1.11. The normalized spacial score (nSPS) is 13.0. The molecule has 30 heavy (non-hydrogen) atoms. The third-order valence-electron chi connectivity index (χ3n) is 4.77. The molecule has 0 radical (unpaired) electrons. The molecule has 2 heterocycles. The molecule has 0 saturated heterocycles. The topological polar surface area (TPSA) is 123 Å². The number of thiazole rings is 1. The highest BCUT2D eigenvalue weighted by molar-refractivity contribution is 7.22. The maximum Gasteiger partial charge on any atom is 0.270 e. The Kier molecular flexibility index (Phi) is 5.00. The van der Waals surface area contributed by atoms with E-state index in [0.29, 0.717) is 28.7 Å². The van der Waals surface area contributed by atoms with E-state index in [1.165, 1.54) is 41.3 Å². The predicted molar refractivity (Wildman–Crippen MR) is 111 cm³/mol. The summed E-state index contributed by atoms with van der Waals surface area (Å²) < 4.78 is 0.570. The average molecular weight is 424 g/mol. The Hall–Kier alpha value is -3.66. The van der Waals surface area contributed by atoms with E-state index in [1.54, 1.807) is 0 Å². The number of nitrogens with one attached hydrogen (secondary N) is 1. The first kappa shape index (κ1) is 19.6. The third-order valence-corrected chi connectivity index (χ3v) is 5.71. The van der Waals surface area contributed by atoms with Gasteiger partial charge in [-0.3, -0.25) is 34.7 Å². The van der Waals surface area contributed by atoms with Crippen molar-refractivity contribution in [3.8, 4) is 0 Å². The number of fused-ring (bicyclic) bond motifs is 2. The van der Waals surface area contributed by atoms with Gasteiger partial charge in [-0.15, -0.1) is 0 Å². The van der Waals surface area contributed by atoms with Crippen LogP contribution in [0.15, 0.2) is 36.4 Å². The zero-order valence-electron chi connectivity index (χ0n) is 15.9. The number of aromatic nitrogens is 1. The number of benzene rings is 2. The van der Waals surface area contributed by atoms with Gasteiger partial charge in [0, 0.05) is 24.2 Å². The number of hydrogen-bond acceptors (Lipinski definition) is 7. The molecule has 4 rings (SSSR count). The molecule has 0 unspecified atom stereocenters. The number of nitro benzene ring substituents is 1. The molecule has 0 spiro atoms. The van der Waals surface area contributed by atoms with Crippen molar-refractivity contribution in [1.82, 2.24) is 9.88 Å². The Morgan fingerprint density at radius 3 is 2.67 bits per heavy atom. The highest BCUT2D eigenvalue weighted by atomic mass is 32.1. The van der Waals surface area contributed by atoms with Crippen molar-refractivity contribution in [3.05, 3.63) is 63.2 Å². The lowest BCUT2D eigenvalue weighted by atomic mass is 10.1. The molecule has 2 aromatic carbocycles. The van der Waals surface area contributed by atoms with Crippen LogP contribution in [0, 0.1) is 10.1 Å². The number of nitro groups is 1. The van der Waals surface area contributed by atoms with Gasteiger partial charge in [-0.05, 0) is 30.7 Å². The van der Waals surface area contributed by atoms with Gasteiger partial charge in [-0.25, -0.2) is 4.98 Å². The Morgan fingerprint density at radius 1 is 1.17 bits per heavy atom. The largest absolute Gasteiger partial charge is 0.298 e. The lowest BCUT2D eigenvalue weighted by Gasteiger charge is -2.12. The van der Waals surface area contributed by atoms with Gasteiger partial charge in [-0.2, -0.15) is 0 Å². The van der Waals surface area contributed by atoms with Crippen molar-refractivity contribution in [1.29, 1.82) is 0 Å². The standard InChI is InChI=1S/C20H16N4O5S/c1-2-3-8-23-18(26)13-6-4-11(9-14(13)19(23)27)17(25)22-20-21-15-7-5-12(24(28)29)10-16(15)30-20/h4-7,9-10H,2-3,8H2,1H3,(H,21,22,25). The first-order valence-electron chi connectivity index (χ1n) is 9.25. The molecule has 1 aliphatic heterocycles. The second-order valence-electron chi connectivity index (χ2n) is 6.76. The van der Waals surface area contributed by atoms with Gasteiger partial charge in [-0.1, -0.05) is 24.7 Å². The summed E-state index contributed by atoms with van der Waals surface area (Å²) in [6.45, 7) is 2.32. The van der Waals surface area contributed by atoms with E-state index in [9.17, 15) is 24.5 Å². The molecule has 3 aromatic rings. The van der Waals surface area contributed by atoms with Crippen LogP contribution in [0.2, 0.25) is 0 Å². The summed E-state index contributed by atoms with van der Waals surface area (Å²) in [5.74, 6) is -1.23. The van der Waals surface area contributed by atoms with Gasteiger partial charge in [0.15, 0.2) is 5.13 Å². The van der Waals surface area contributed by atoms with Crippen molar-refractivity contribution in [2.24, 2.45) is 0 Å². The van der Waals surface area contributed by atoms with Gasteiger partial charge in [0.2, 0.25) is 0 Å². The molecule has 0 bridgehead atoms. The summed E-state index contributed by atoms with van der Waals surface area (Å²) in [4.78, 5) is 53.5. The van der Waals surface area contributed by atoms with Gasteiger partial charge >= 0.3 is 0 Å². The van der Waals surface area contributed by atoms with Crippen LogP contribution in [0.4, 0.5) is 10.8 Å². The fourth-order valence-electron chi connectivity index (χ4n) is 3.20. The molecule has 0 aliphatic carbocycles. The smallest absolute Gasteiger partial charge is 0.270 e. The second-order valence-corrected chi connectivity index (χ2v) is 7.79. The van der Waals surface area contributed by atoms with Crippen LogP contribution in [0.3, 0.4) is 0 Å². The molecule has 0 saturated carbocycles. The number of unbranched alkanes of at least 4 members (excludes halogenated alkanes) is 1. The molecule has 0 fully saturated rings. The molecule has 0 atom stereocenters. The quantitative estimate of drug-likeness (QED) is 0.364. The van der Waals surface area contributed by atoms with E-state index in [1.807, 2.05) is 6.92 Å². The molecule has 152 valence electrons. The summed E-state index contributed by atoms with van der Waals surface area (Å²) in [6.07, 6.45) is 1.57. The van der Waals surface area contributed by atoms with Crippen LogP contribution >= 0.6 is 11.3 Å². The van der Waals surface area contributed by atoms with Gasteiger partial charge in [0.25, 0.3) is 23.4 Å². The number of nitrogens with zero attached hydrogens (tertiary/aromatic N) is 3. The fraction of sp³-hybridized carbons (Fsp3) is 0.200. The number of hydrogen-bond donors (Lipinski definition) is 1. The molecule has 1 aromatic heterocycles. The van der Waals surface area contributed by atoms with Crippen LogP contribution in [-0.4, -0.2) is 39.1 Å². The van der Waals surface area contributed by atoms with E-state index >= 15 is 0 Å². The van der Waals surface area contributed by atoms with Crippen molar-refractivity contribution in [3.63, 3.8) is 0 Å². The minimum atomic E-state index is -0.496.